The van der Waals surface area contributed by atoms with E-state index >= 15 is 0 Å². The molecule has 8 nitrogen and oxygen atoms in total. The number of carbonyl (C=O) groups is 1. The zero-order valence-electron chi connectivity index (χ0n) is 14.6. The number of furan rings is 1. The lowest BCUT2D eigenvalue weighted by atomic mass is 10.2. The van der Waals surface area contributed by atoms with E-state index in [2.05, 4.69) is 10.2 Å². The lowest BCUT2D eigenvalue weighted by molar-refractivity contribution is 0.0876. The Morgan fingerprint density at radius 1 is 1.15 bits per heavy atom. The van der Waals surface area contributed by atoms with E-state index < -0.39 is 15.9 Å². The van der Waals surface area contributed by atoms with Crippen molar-refractivity contribution in [2.75, 3.05) is 12.3 Å². The molecular formula is C17H16N4O4S2. The summed E-state index contributed by atoms with van der Waals surface area (Å²) in [6.45, 7) is 1.91. The summed E-state index contributed by atoms with van der Waals surface area (Å²) in [5, 5.41) is 8.96. The van der Waals surface area contributed by atoms with E-state index in [0.29, 0.717) is 16.7 Å². The predicted molar refractivity (Wildman–Crippen MR) is 98.8 cm³/mol. The van der Waals surface area contributed by atoms with Crippen LogP contribution in [0.25, 0.3) is 11.4 Å². The van der Waals surface area contributed by atoms with Gasteiger partial charge in [-0.25, -0.2) is 12.7 Å². The standard InChI is InChI=1S/C17H16N4O4S2/c1-11-12(7-9-25-11)15-18-19-17(20(15)2)26-10-8-21-16(22)13-5-3-4-6-14(13)27(21,23)24/h3-7,9H,8,10H2,1-2H3. The van der Waals surface area contributed by atoms with E-state index in [4.69, 9.17) is 4.42 Å². The number of thioether (sulfide) groups is 1. The third-order valence-corrected chi connectivity index (χ3v) is 7.21. The molecule has 0 saturated carbocycles. The fourth-order valence-electron chi connectivity index (χ4n) is 2.96. The fourth-order valence-corrected chi connectivity index (χ4v) is 5.48. The lowest BCUT2D eigenvalue weighted by Crippen LogP contribution is -2.32. The first kappa shape index (κ1) is 17.8. The SMILES string of the molecule is Cc1occc1-c1nnc(SCCN2C(=O)c3ccccc3S2(=O)=O)n1C. The molecule has 2 aromatic heterocycles. The molecule has 0 unspecified atom stereocenters. The topological polar surface area (TPSA) is 98.3 Å². The highest BCUT2D eigenvalue weighted by Gasteiger charge is 2.40. The van der Waals surface area contributed by atoms with Crippen LogP contribution in [-0.4, -0.2) is 45.7 Å². The predicted octanol–water partition coefficient (Wildman–Crippen LogP) is 2.32. The van der Waals surface area contributed by atoms with Crippen LogP contribution in [0.3, 0.4) is 0 Å². The minimum atomic E-state index is -3.78. The molecule has 140 valence electrons. The molecule has 1 aromatic carbocycles. The number of sulfonamides is 1. The molecule has 0 spiro atoms. The summed E-state index contributed by atoms with van der Waals surface area (Å²) in [4.78, 5) is 12.5. The Labute approximate surface area is 160 Å². The molecule has 1 amide bonds. The van der Waals surface area contributed by atoms with Crippen molar-refractivity contribution in [1.82, 2.24) is 19.1 Å². The van der Waals surface area contributed by atoms with Crippen molar-refractivity contribution in [2.24, 2.45) is 7.05 Å². The summed E-state index contributed by atoms with van der Waals surface area (Å²) < 4.78 is 33.1. The van der Waals surface area contributed by atoms with E-state index in [-0.39, 0.29) is 17.0 Å². The smallest absolute Gasteiger partial charge is 0.269 e. The zero-order chi connectivity index (χ0) is 19.2. The molecule has 10 heteroatoms. The Morgan fingerprint density at radius 2 is 1.93 bits per heavy atom. The van der Waals surface area contributed by atoms with Gasteiger partial charge < -0.3 is 8.98 Å². The number of aryl methyl sites for hydroxylation is 1. The van der Waals surface area contributed by atoms with Gasteiger partial charge in [-0.15, -0.1) is 10.2 Å². The maximum Gasteiger partial charge on any atom is 0.269 e. The third kappa shape index (κ3) is 2.85. The number of hydrogen-bond acceptors (Lipinski definition) is 7. The molecule has 27 heavy (non-hydrogen) atoms. The minimum Gasteiger partial charge on any atom is -0.469 e. The molecule has 3 aromatic rings. The highest BCUT2D eigenvalue weighted by molar-refractivity contribution is 7.99. The molecule has 1 aliphatic heterocycles. The van der Waals surface area contributed by atoms with Gasteiger partial charge in [0, 0.05) is 19.3 Å². The van der Waals surface area contributed by atoms with E-state index in [0.717, 1.165) is 15.6 Å². The van der Waals surface area contributed by atoms with Crippen molar-refractivity contribution >= 4 is 27.7 Å². The summed E-state index contributed by atoms with van der Waals surface area (Å²) >= 11 is 1.34. The van der Waals surface area contributed by atoms with Gasteiger partial charge in [-0.2, -0.15) is 0 Å². The van der Waals surface area contributed by atoms with Gasteiger partial charge in [0.25, 0.3) is 15.9 Å². The molecule has 0 aliphatic carbocycles. The van der Waals surface area contributed by atoms with Crippen LogP contribution in [-0.2, 0) is 17.1 Å². The van der Waals surface area contributed by atoms with Crippen molar-refractivity contribution in [2.45, 2.75) is 17.0 Å². The molecule has 1 aliphatic rings. The Balaban J connectivity index is 1.48. The molecule has 4 rings (SSSR count). The second-order valence-electron chi connectivity index (χ2n) is 5.98. The number of hydrogen-bond donors (Lipinski definition) is 0. The van der Waals surface area contributed by atoms with E-state index in [9.17, 15) is 13.2 Å². The summed E-state index contributed by atoms with van der Waals surface area (Å²) in [5.74, 6) is 1.29. The van der Waals surface area contributed by atoms with Gasteiger partial charge in [0.2, 0.25) is 0 Å². The monoisotopic (exact) mass is 404 g/mol. The second kappa shape index (κ2) is 6.54. The van der Waals surface area contributed by atoms with Crippen LogP contribution in [0.5, 0.6) is 0 Å². The normalized spacial score (nSPS) is 15.3. The average Bonchev–Trinajstić information content (AvgIpc) is 3.28. The van der Waals surface area contributed by atoms with Gasteiger partial charge in [0.15, 0.2) is 11.0 Å². The maximum absolute atomic E-state index is 12.6. The third-order valence-electron chi connectivity index (χ3n) is 4.37. The van der Waals surface area contributed by atoms with Crippen LogP contribution in [0, 0.1) is 6.92 Å². The summed E-state index contributed by atoms with van der Waals surface area (Å²) in [7, 11) is -1.95. The highest BCUT2D eigenvalue weighted by atomic mass is 32.2. The summed E-state index contributed by atoms with van der Waals surface area (Å²) in [6, 6.07) is 8.08. The Kier molecular flexibility index (Phi) is 4.31. The number of fused-ring (bicyclic) bond motifs is 1. The number of benzene rings is 1. The van der Waals surface area contributed by atoms with E-state index in [1.807, 2.05) is 24.6 Å². The Morgan fingerprint density at radius 3 is 2.63 bits per heavy atom. The first-order chi connectivity index (χ1) is 12.9. The molecule has 0 fully saturated rings. The molecule has 0 bridgehead atoms. The van der Waals surface area contributed by atoms with Crippen molar-refractivity contribution < 1.29 is 17.6 Å². The number of amides is 1. The van der Waals surface area contributed by atoms with Crippen LogP contribution in [0.2, 0.25) is 0 Å². The number of aromatic nitrogens is 3. The molecule has 0 atom stereocenters. The molecule has 0 saturated heterocycles. The molecule has 0 N–H and O–H groups in total. The van der Waals surface area contributed by atoms with Crippen molar-refractivity contribution in [1.29, 1.82) is 0 Å². The zero-order valence-corrected chi connectivity index (χ0v) is 16.2. The lowest BCUT2D eigenvalue weighted by Gasteiger charge is -2.14. The van der Waals surface area contributed by atoms with Crippen molar-refractivity contribution in [3.63, 3.8) is 0 Å². The van der Waals surface area contributed by atoms with Gasteiger partial charge >= 0.3 is 0 Å². The summed E-state index contributed by atoms with van der Waals surface area (Å²) in [6.07, 6.45) is 1.59. The Bertz CT molecular complexity index is 1130. The van der Waals surface area contributed by atoms with E-state index in [1.165, 1.54) is 23.9 Å². The van der Waals surface area contributed by atoms with Crippen LogP contribution >= 0.6 is 11.8 Å². The average molecular weight is 404 g/mol. The molecule has 0 radical (unpaired) electrons. The van der Waals surface area contributed by atoms with E-state index in [1.54, 1.807) is 18.4 Å². The van der Waals surface area contributed by atoms with Crippen molar-refractivity contribution in [3.05, 3.63) is 47.9 Å². The van der Waals surface area contributed by atoms with Gasteiger partial charge in [-0.05, 0) is 25.1 Å². The number of nitrogens with zero attached hydrogens (tertiary/aromatic N) is 4. The summed E-state index contributed by atoms with van der Waals surface area (Å²) in [5.41, 5.74) is 1.07. The second-order valence-corrected chi connectivity index (χ2v) is 8.88. The molecular weight excluding hydrogens is 388 g/mol. The highest BCUT2D eigenvalue weighted by Crippen LogP contribution is 2.31. The van der Waals surface area contributed by atoms with Gasteiger partial charge in [-0.1, -0.05) is 23.9 Å². The maximum atomic E-state index is 12.6. The quantitative estimate of drug-likeness (QED) is 0.602. The van der Waals surface area contributed by atoms with Crippen LogP contribution in [0.15, 0.2) is 51.1 Å². The fraction of sp³-hybridized carbons (Fsp3) is 0.235. The van der Waals surface area contributed by atoms with Crippen LogP contribution in [0.4, 0.5) is 0 Å². The van der Waals surface area contributed by atoms with Gasteiger partial charge in [0.1, 0.15) is 10.7 Å². The first-order valence-electron chi connectivity index (χ1n) is 8.14. The van der Waals surface area contributed by atoms with Gasteiger partial charge in [-0.3, -0.25) is 4.79 Å². The largest absolute Gasteiger partial charge is 0.469 e. The number of carbonyl (C=O) groups excluding carboxylic acids is 1. The van der Waals surface area contributed by atoms with Crippen molar-refractivity contribution in [3.8, 4) is 11.4 Å². The molecule has 3 heterocycles. The Hall–Kier alpha value is -2.59. The van der Waals surface area contributed by atoms with Crippen LogP contribution in [0.1, 0.15) is 16.1 Å². The number of rotatable bonds is 5. The minimum absolute atomic E-state index is 0.0629. The van der Waals surface area contributed by atoms with Gasteiger partial charge in [0.05, 0.1) is 17.4 Å². The van der Waals surface area contributed by atoms with Crippen LogP contribution < -0.4 is 0 Å². The first-order valence-corrected chi connectivity index (χ1v) is 10.6.